The van der Waals surface area contributed by atoms with E-state index in [0.717, 1.165) is 12.1 Å². The Labute approximate surface area is 109 Å². The Kier molecular flexibility index (Phi) is 4.22. The van der Waals surface area contributed by atoms with Crippen LogP contribution in [0.15, 0.2) is 30.6 Å². The molecule has 2 rings (SSSR count). The highest BCUT2D eigenvalue weighted by Gasteiger charge is 2.04. The van der Waals surface area contributed by atoms with E-state index in [1.165, 1.54) is 12.4 Å². The first kappa shape index (κ1) is 13.2. The fourth-order valence-electron chi connectivity index (χ4n) is 1.65. The molecular weight excluding hydrogens is 250 g/mol. The van der Waals surface area contributed by atoms with E-state index in [1.807, 2.05) is 0 Å². The summed E-state index contributed by atoms with van der Waals surface area (Å²) in [7, 11) is 1.76. The molecule has 2 aromatic rings. The topological polar surface area (TPSA) is 49.8 Å². The summed E-state index contributed by atoms with van der Waals surface area (Å²) in [5, 5.41) is 5.93. The number of benzene rings is 1. The van der Waals surface area contributed by atoms with Gasteiger partial charge in [-0.1, -0.05) is 0 Å². The van der Waals surface area contributed by atoms with Gasteiger partial charge in [-0.15, -0.1) is 0 Å². The van der Waals surface area contributed by atoms with Crippen LogP contribution in [-0.4, -0.2) is 23.6 Å². The zero-order valence-corrected chi connectivity index (χ0v) is 10.5. The van der Waals surface area contributed by atoms with Crippen LogP contribution in [0, 0.1) is 11.6 Å². The Morgan fingerprint density at radius 2 is 1.89 bits per heavy atom. The van der Waals surface area contributed by atoms with Crippen LogP contribution >= 0.6 is 0 Å². The maximum absolute atomic E-state index is 13.4. The maximum Gasteiger partial charge on any atom is 0.131 e. The highest BCUT2D eigenvalue weighted by molar-refractivity contribution is 5.45. The third-order valence-electron chi connectivity index (χ3n) is 2.63. The minimum atomic E-state index is -0.434. The molecule has 0 fully saturated rings. The molecule has 0 aliphatic carbocycles. The quantitative estimate of drug-likeness (QED) is 0.871. The molecule has 6 heteroatoms. The number of aromatic nitrogens is 2. The molecule has 0 amide bonds. The zero-order chi connectivity index (χ0) is 13.7. The van der Waals surface area contributed by atoms with Crippen molar-refractivity contribution in [1.82, 2.24) is 9.97 Å². The number of hydrogen-bond acceptors (Lipinski definition) is 4. The molecule has 0 saturated heterocycles. The normalized spacial score (nSPS) is 10.3. The van der Waals surface area contributed by atoms with Gasteiger partial charge in [0.15, 0.2) is 0 Å². The van der Waals surface area contributed by atoms with E-state index >= 15 is 0 Å². The molecule has 0 saturated carbocycles. The lowest BCUT2D eigenvalue weighted by Crippen LogP contribution is -2.08. The molecule has 1 aromatic carbocycles. The second-order valence-corrected chi connectivity index (χ2v) is 3.95. The van der Waals surface area contributed by atoms with Gasteiger partial charge in [0.2, 0.25) is 0 Å². The molecule has 100 valence electrons. The number of halogens is 2. The first-order chi connectivity index (χ1) is 9.19. The predicted octanol–water partition coefficient (Wildman–Crippen LogP) is 2.45. The van der Waals surface area contributed by atoms with E-state index < -0.39 is 11.6 Å². The first-order valence-electron chi connectivity index (χ1n) is 5.86. The van der Waals surface area contributed by atoms with Gasteiger partial charge in [-0.05, 0) is 30.2 Å². The number of nitrogens with zero attached hydrogens (tertiary/aromatic N) is 2. The van der Waals surface area contributed by atoms with Crippen LogP contribution in [-0.2, 0) is 6.42 Å². The van der Waals surface area contributed by atoms with Gasteiger partial charge in [-0.3, -0.25) is 0 Å². The predicted molar refractivity (Wildman–Crippen MR) is 70.1 cm³/mol. The van der Waals surface area contributed by atoms with Gasteiger partial charge in [0.25, 0.3) is 0 Å². The van der Waals surface area contributed by atoms with Gasteiger partial charge in [0, 0.05) is 19.7 Å². The lowest BCUT2D eigenvalue weighted by atomic mass is 10.1. The van der Waals surface area contributed by atoms with E-state index in [4.69, 9.17) is 0 Å². The monoisotopic (exact) mass is 264 g/mol. The summed E-state index contributed by atoms with van der Waals surface area (Å²) in [6.45, 7) is 0.459. The first-order valence-corrected chi connectivity index (χ1v) is 5.86. The largest absolute Gasteiger partial charge is 0.373 e. The summed E-state index contributed by atoms with van der Waals surface area (Å²) in [6, 6.07) is 5.18. The molecule has 0 aliphatic rings. The standard InChI is InChI=1S/C13H14F2N4/c1-16-12-7-13(19-8-18-12)17-5-4-9-6-10(14)2-3-11(9)15/h2-3,6-8H,4-5H2,1H3,(H2,16,17,18,19). The van der Waals surface area contributed by atoms with Crippen molar-refractivity contribution >= 4 is 11.6 Å². The van der Waals surface area contributed by atoms with Crippen molar-refractivity contribution in [2.75, 3.05) is 24.2 Å². The van der Waals surface area contributed by atoms with Gasteiger partial charge in [0.05, 0.1) is 0 Å². The lowest BCUT2D eigenvalue weighted by Gasteiger charge is -2.07. The average molecular weight is 264 g/mol. The fraction of sp³-hybridized carbons (Fsp3) is 0.231. The van der Waals surface area contributed by atoms with E-state index in [1.54, 1.807) is 13.1 Å². The van der Waals surface area contributed by atoms with Crippen molar-refractivity contribution in [3.05, 3.63) is 47.8 Å². The van der Waals surface area contributed by atoms with Crippen LogP contribution in [0.4, 0.5) is 20.4 Å². The summed E-state index contributed by atoms with van der Waals surface area (Å²) >= 11 is 0. The molecule has 4 nitrogen and oxygen atoms in total. The number of rotatable bonds is 5. The third kappa shape index (κ3) is 3.61. The lowest BCUT2D eigenvalue weighted by molar-refractivity contribution is 0.586. The highest BCUT2D eigenvalue weighted by Crippen LogP contribution is 2.11. The molecule has 19 heavy (non-hydrogen) atoms. The molecule has 1 heterocycles. The summed E-state index contributed by atoms with van der Waals surface area (Å²) in [5.74, 6) is 0.489. The van der Waals surface area contributed by atoms with Crippen molar-refractivity contribution in [3.8, 4) is 0 Å². The summed E-state index contributed by atoms with van der Waals surface area (Å²) in [5.41, 5.74) is 0.343. The molecule has 0 spiro atoms. The van der Waals surface area contributed by atoms with Crippen LogP contribution < -0.4 is 10.6 Å². The molecule has 0 unspecified atom stereocenters. The van der Waals surface area contributed by atoms with Gasteiger partial charge in [-0.2, -0.15) is 0 Å². The van der Waals surface area contributed by atoms with Crippen molar-refractivity contribution in [3.63, 3.8) is 0 Å². The minimum absolute atomic E-state index is 0.343. The van der Waals surface area contributed by atoms with E-state index in [9.17, 15) is 8.78 Å². The molecular formula is C13H14F2N4. The molecule has 0 aliphatic heterocycles. The summed E-state index contributed by atoms with van der Waals surface area (Å²) in [6.07, 6.45) is 1.80. The Hall–Kier alpha value is -2.24. The summed E-state index contributed by atoms with van der Waals surface area (Å²) < 4.78 is 26.4. The van der Waals surface area contributed by atoms with Gasteiger partial charge < -0.3 is 10.6 Å². The zero-order valence-electron chi connectivity index (χ0n) is 10.5. The van der Waals surface area contributed by atoms with Crippen LogP contribution in [0.1, 0.15) is 5.56 Å². The SMILES string of the molecule is CNc1cc(NCCc2cc(F)ccc2F)ncn1. The van der Waals surface area contributed by atoms with Crippen LogP contribution in [0.5, 0.6) is 0 Å². The van der Waals surface area contributed by atoms with Crippen LogP contribution in [0.2, 0.25) is 0 Å². The minimum Gasteiger partial charge on any atom is -0.373 e. The Balaban J connectivity index is 1.94. The summed E-state index contributed by atoms with van der Waals surface area (Å²) in [4.78, 5) is 8.01. The van der Waals surface area contributed by atoms with Crippen molar-refractivity contribution < 1.29 is 8.78 Å². The molecule has 0 radical (unpaired) electrons. The van der Waals surface area contributed by atoms with Crippen LogP contribution in [0.25, 0.3) is 0 Å². The Bertz CT molecular complexity index is 560. The van der Waals surface area contributed by atoms with Crippen molar-refractivity contribution in [1.29, 1.82) is 0 Å². The Morgan fingerprint density at radius 3 is 2.68 bits per heavy atom. The fourth-order valence-corrected chi connectivity index (χ4v) is 1.65. The van der Waals surface area contributed by atoms with Gasteiger partial charge in [0.1, 0.15) is 29.6 Å². The van der Waals surface area contributed by atoms with Gasteiger partial charge in [-0.25, -0.2) is 18.7 Å². The maximum atomic E-state index is 13.4. The van der Waals surface area contributed by atoms with Crippen LogP contribution in [0.3, 0.4) is 0 Å². The van der Waals surface area contributed by atoms with E-state index in [-0.39, 0.29) is 0 Å². The third-order valence-corrected chi connectivity index (χ3v) is 2.63. The second kappa shape index (κ2) is 6.08. The van der Waals surface area contributed by atoms with Crippen molar-refractivity contribution in [2.24, 2.45) is 0 Å². The number of hydrogen-bond donors (Lipinski definition) is 2. The molecule has 2 N–H and O–H groups in total. The number of nitrogens with one attached hydrogen (secondary N) is 2. The smallest absolute Gasteiger partial charge is 0.131 e. The molecule has 0 atom stereocenters. The van der Waals surface area contributed by atoms with E-state index in [0.29, 0.717) is 30.2 Å². The molecule has 1 aromatic heterocycles. The van der Waals surface area contributed by atoms with E-state index in [2.05, 4.69) is 20.6 Å². The number of anilines is 2. The average Bonchev–Trinajstić information content (AvgIpc) is 2.43. The second-order valence-electron chi connectivity index (χ2n) is 3.95. The molecule has 0 bridgehead atoms. The highest BCUT2D eigenvalue weighted by atomic mass is 19.1. The Morgan fingerprint density at radius 1 is 1.11 bits per heavy atom. The van der Waals surface area contributed by atoms with Crippen molar-refractivity contribution in [2.45, 2.75) is 6.42 Å². The van der Waals surface area contributed by atoms with Gasteiger partial charge >= 0.3 is 0 Å².